The molecule has 0 saturated heterocycles. The van der Waals surface area contributed by atoms with Crippen molar-refractivity contribution >= 4 is 17.3 Å². The van der Waals surface area contributed by atoms with Gasteiger partial charge in [0.15, 0.2) is 0 Å². The standard InChI is InChI=1S/C16H17ClFNO/c1-10-4-7-15(11(2)16(10)20-3)19-9-12-8-13(17)5-6-14(12)18/h4-8,19H,9H2,1-3H3. The maximum absolute atomic E-state index is 13.7. The number of anilines is 1. The van der Waals surface area contributed by atoms with Crippen LogP contribution in [0.15, 0.2) is 30.3 Å². The van der Waals surface area contributed by atoms with Crippen LogP contribution in [0, 0.1) is 19.7 Å². The molecule has 2 aromatic rings. The normalized spacial score (nSPS) is 10.4. The van der Waals surface area contributed by atoms with Gasteiger partial charge in [-0.05, 0) is 43.7 Å². The molecule has 0 aromatic heterocycles. The molecule has 4 heteroatoms. The predicted octanol–water partition coefficient (Wildman–Crippen LogP) is 4.72. The van der Waals surface area contributed by atoms with Gasteiger partial charge in [-0.2, -0.15) is 0 Å². The van der Waals surface area contributed by atoms with E-state index >= 15 is 0 Å². The van der Waals surface area contributed by atoms with Gasteiger partial charge in [0, 0.05) is 28.4 Å². The summed E-state index contributed by atoms with van der Waals surface area (Å²) in [5.74, 6) is 0.584. The number of methoxy groups -OCH3 is 1. The van der Waals surface area contributed by atoms with Crippen LogP contribution in [0.1, 0.15) is 16.7 Å². The SMILES string of the molecule is COc1c(C)ccc(NCc2cc(Cl)ccc2F)c1C. The van der Waals surface area contributed by atoms with E-state index in [1.807, 2.05) is 26.0 Å². The molecule has 2 aromatic carbocycles. The van der Waals surface area contributed by atoms with Crippen molar-refractivity contribution in [2.45, 2.75) is 20.4 Å². The first kappa shape index (κ1) is 14.7. The van der Waals surface area contributed by atoms with Crippen LogP contribution in [-0.4, -0.2) is 7.11 Å². The second kappa shape index (κ2) is 6.14. The third kappa shape index (κ3) is 3.05. The van der Waals surface area contributed by atoms with Crippen molar-refractivity contribution in [3.63, 3.8) is 0 Å². The lowest BCUT2D eigenvalue weighted by atomic mass is 10.1. The Morgan fingerprint density at radius 1 is 1.20 bits per heavy atom. The molecule has 2 nitrogen and oxygen atoms in total. The first-order valence-corrected chi connectivity index (χ1v) is 6.72. The van der Waals surface area contributed by atoms with E-state index in [9.17, 15) is 4.39 Å². The van der Waals surface area contributed by atoms with Crippen LogP contribution < -0.4 is 10.1 Å². The molecule has 0 radical (unpaired) electrons. The van der Waals surface area contributed by atoms with Gasteiger partial charge in [-0.25, -0.2) is 4.39 Å². The summed E-state index contributed by atoms with van der Waals surface area (Å²) < 4.78 is 19.0. The maximum atomic E-state index is 13.7. The zero-order valence-corrected chi connectivity index (χ0v) is 12.5. The minimum absolute atomic E-state index is 0.265. The average molecular weight is 294 g/mol. The Bertz CT molecular complexity index is 628. The number of hydrogen-bond acceptors (Lipinski definition) is 2. The Morgan fingerprint density at radius 2 is 1.95 bits per heavy atom. The van der Waals surface area contributed by atoms with Crippen molar-refractivity contribution in [3.05, 3.63) is 57.9 Å². The van der Waals surface area contributed by atoms with Gasteiger partial charge in [-0.15, -0.1) is 0 Å². The number of halogens is 2. The number of hydrogen-bond donors (Lipinski definition) is 1. The highest BCUT2D eigenvalue weighted by Crippen LogP contribution is 2.29. The van der Waals surface area contributed by atoms with Gasteiger partial charge in [0.05, 0.1) is 7.11 Å². The van der Waals surface area contributed by atoms with E-state index in [0.717, 1.165) is 22.6 Å². The minimum atomic E-state index is -0.265. The van der Waals surface area contributed by atoms with Gasteiger partial charge in [0.2, 0.25) is 0 Å². The molecule has 0 heterocycles. The molecule has 1 N–H and O–H groups in total. The fraction of sp³-hybridized carbons (Fsp3) is 0.250. The molecular formula is C16H17ClFNO. The monoisotopic (exact) mass is 293 g/mol. The quantitative estimate of drug-likeness (QED) is 0.881. The van der Waals surface area contributed by atoms with Gasteiger partial charge in [-0.1, -0.05) is 17.7 Å². The van der Waals surface area contributed by atoms with Crippen molar-refractivity contribution in [2.75, 3.05) is 12.4 Å². The maximum Gasteiger partial charge on any atom is 0.128 e. The topological polar surface area (TPSA) is 21.3 Å². The van der Waals surface area contributed by atoms with Gasteiger partial charge < -0.3 is 10.1 Å². The van der Waals surface area contributed by atoms with E-state index in [4.69, 9.17) is 16.3 Å². The third-order valence-corrected chi connectivity index (χ3v) is 3.52. The minimum Gasteiger partial charge on any atom is -0.496 e. The van der Waals surface area contributed by atoms with Crippen molar-refractivity contribution < 1.29 is 9.13 Å². The molecule has 2 rings (SSSR count). The van der Waals surface area contributed by atoms with Gasteiger partial charge in [-0.3, -0.25) is 0 Å². The molecule has 0 atom stereocenters. The van der Waals surface area contributed by atoms with Crippen molar-refractivity contribution in [1.29, 1.82) is 0 Å². The van der Waals surface area contributed by atoms with E-state index in [1.165, 1.54) is 6.07 Å². The molecule has 0 amide bonds. The van der Waals surface area contributed by atoms with Crippen LogP contribution in [0.2, 0.25) is 5.02 Å². The highest BCUT2D eigenvalue weighted by molar-refractivity contribution is 6.30. The van der Waals surface area contributed by atoms with E-state index in [1.54, 1.807) is 19.2 Å². The molecule has 0 aliphatic heterocycles. The molecule has 0 aliphatic carbocycles. The van der Waals surface area contributed by atoms with Crippen LogP contribution in [0.3, 0.4) is 0 Å². The van der Waals surface area contributed by atoms with Gasteiger partial charge in [0.25, 0.3) is 0 Å². The molecule has 0 unspecified atom stereocenters. The zero-order valence-electron chi connectivity index (χ0n) is 11.8. The Labute approximate surface area is 123 Å². The molecule has 20 heavy (non-hydrogen) atoms. The highest BCUT2D eigenvalue weighted by Gasteiger charge is 2.09. The smallest absolute Gasteiger partial charge is 0.128 e. The molecular weight excluding hydrogens is 277 g/mol. The Kier molecular flexibility index (Phi) is 4.50. The fourth-order valence-electron chi connectivity index (χ4n) is 2.20. The number of benzene rings is 2. The van der Waals surface area contributed by atoms with Crippen LogP contribution in [-0.2, 0) is 6.54 Å². The lowest BCUT2D eigenvalue weighted by Gasteiger charge is -2.15. The summed E-state index contributed by atoms with van der Waals surface area (Å²) in [4.78, 5) is 0. The van der Waals surface area contributed by atoms with Crippen LogP contribution in [0.25, 0.3) is 0 Å². The first-order chi connectivity index (χ1) is 9.52. The number of nitrogens with one attached hydrogen (secondary N) is 1. The lowest BCUT2D eigenvalue weighted by molar-refractivity contribution is 0.409. The first-order valence-electron chi connectivity index (χ1n) is 6.35. The second-order valence-electron chi connectivity index (χ2n) is 4.68. The molecule has 0 bridgehead atoms. The number of rotatable bonds is 4. The van der Waals surface area contributed by atoms with Crippen LogP contribution in [0.5, 0.6) is 5.75 Å². The summed E-state index contributed by atoms with van der Waals surface area (Å²) in [5.41, 5.74) is 3.54. The lowest BCUT2D eigenvalue weighted by Crippen LogP contribution is -2.04. The Hall–Kier alpha value is -1.74. The predicted molar refractivity (Wildman–Crippen MR) is 81.2 cm³/mol. The summed E-state index contributed by atoms with van der Waals surface area (Å²) in [6, 6.07) is 8.49. The molecule has 0 fully saturated rings. The van der Waals surface area contributed by atoms with Crippen LogP contribution in [0.4, 0.5) is 10.1 Å². The molecule has 106 valence electrons. The summed E-state index contributed by atoms with van der Waals surface area (Å²) in [7, 11) is 1.65. The Balaban J connectivity index is 2.21. The van der Waals surface area contributed by atoms with Crippen LogP contribution >= 0.6 is 11.6 Å². The summed E-state index contributed by atoms with van der Waals surface area (Å²) in [5, 5.41) is 3.75. The molecule has 0 aliphatic rings. The Morgan fingerprint density at radius 3 is 2.65 bits per heavy atom. The van der Waals surface area contributed by atoms with Gasteiger partial charge >= 0.3 is 0 Å². The van der Waals surface area contributed by atoms with E-state index < -0.39 is 0 Å². The second-order valence-corrected chi connectivity index (χ2v) is 5.11. The molecule has 0 saturated carbocycles. The summed E-state index contributed by atoms with van der Waals surface area (Å²) in [6.45, 7) is 4.34. The average Bonchev–Trinajstić information content (AvgIpc) is 2.42. The van der Waals surface area contributed by atoms with Crippen molar-refractivity contribution in [2.24, 2.45) is 0 Å². The highest BCUT2D eigenvalue weighted by atomic mass is 35.5. The van der Waals surface area contributed by atoms with E-state index in [-0.39, 0.29) is 5.82 Å². The third-order valence-electron chi connectivity index (χ3n) is 3.28. The van der Waals surface area contributed by atoms with Crippen molar-refractivity contribution in [1.82, 2.24) is 0 Å². The molecule has 0 spiro atoms. The fourth-order valence-corrected chi connectivity index (χ4v) is 2.40. The zero-order chi connectivity index (χ0) is 14.7. The van der Waals surface area contributed by atoms with E-state index in [2.05, 4.69) is 5.32 Å². The van der Waals surface area contributed by atoms with Gasteiger partial charge in [0.1, 0.15) is 11.6 Å². The largest absolute Gasteiger partial charge is 0.496 e. The van der Waals surface area contributed by atoms with E-state index in [0.29, 0.717) is 17.1 Å². The summed E-state index contributed by atoms with van der Waals surface area (Å²) in [6.07, 6.45) is 0. The number of aryl methyl sites for hydroxylation is 1. The summed E-state index contributed by atoms with van der Waals surface area (Å²) >= 11 is 5.88. The number of ether oxygens (including phenoxy) is 1. The van der Waals surface area contributed by atoms with Crippen molar-refractivity contribution in [3.8, 4) is 5.75 Å².